The van der Waals surface area contributed by atoms with Gasteiger partial charge in [0.05, 0.1) is 16.6 Å². The number of rotatable bonds is 7. The number of hydrazine groups is 2. The number of anilines is 1. The summed E-state index contributed by atoms with van der Waals surface area (Å²) in [6.45, 7) is 3.05. The zero-order valence-electron chi connectivity index (χ0n) is 17.2. The molecule has 0 saturated heterocycles. The minimum atomic E-state index is 0.462. The molecule has 6 nitrogen and oxygen atoms in total. The lowest BCUT2D eigenvalue weighted by Gasteiger charge is -2.22. The average Bonchev–Trinajstić information content (AvgIpc) is 3.23. The molecule has 0 aromatic heterocycles. The minimum Gasteiger partial charge on any atom is -0.489 e. The molecule has 160 valence electrons. The molecule has 0 amide bonds. The Bertz CT molecular complexity index is 1100. The molecule has 0 saturated carbocycles. The highest BCUT2D eigenvalue weighted by Gasteiger charge is 2.23. The van der Waals surface area contributed by atoms with E-state index in [1.165, 1.54) is 0 Å². The lowest BCUT2D eigenvalue weighted by atomic mass is 10.1. The lowest BCUT2D eigenvalue weighted by Crippen LogP contribution is -2.40. The third-order valence-electron chi connectivity index (χ3n) is 4.98. The molecule has 0 spiro atoms. The summed E-state index contributed by atoms with van der Waals surface area (Å²) in [5, 5.41) is 10.3. The third kappa shape index (κ3) is 4.88. The first-order valence-corrected chi connectivity index (χ1v) is 10.6. The number of halogens is 2. The van der Waals surface area contributed by atoms with Crippen LogP contribution in [0.2, 0.25) is 10.0 Å². The number of nitrogens with zero attached hydrogens (tertiary/aromatic N) is 2. The molecule has 3 aromatic carbocycles. The van der Waals surface area contributed by atoms with Crippen LogP contribution in [0.3, 0.4) is 0 Å². The van der Waals surface area contributed by atoms with Crippen LogP contribution >= 0.6 is 23.2 Å². The molecular weight excluding hydrogens is 433 g/mol. The Balaban J connectivity index is 1.53. The van der Waals surface area contributed by atoms with Gasteiger partial charge in [-0.2, -0.15) is 0 Å². The summed E-state index contributed by atoms with van der Waals surface area (Å²) < 4.78 is 6.16. The Morgan fingerprint density at radius 1 is 1.06 bits per heavy atom. The molecule has 1 aliphatic rings. The van der Waals surface area contributed by atoms with Gasteiger partial charge in [0.1, 0.15) is 12.4 Å². The Hall–Kier alpha value is -2.93. The number of aryl methyl sites for hydroxylation is 1. The van der Waals surface area contributed by atoms with Gasteiger partial charge < -0.3 is 10.1 Å². The highest BCUT2D eigenvalue weighted by molar-refractivity contribution is 6.44. The number of amidine groups is 1. The van der Waals surface area contributed by atoms with E-state index in [9.17, 15) is 0 Å². The molecule has 4 rings (SSSR count). The maximum absolute atomic E-state index is 6.41. The third-order valence-corrected chi connectivity index (χ3v) is 5.80. The molecule has 31 heavy (non-hydrogen) atoms. The van der Waals surface area contributed by atoms with E-state index in [4.69, 9.17) is 27.9 Å². The summed E-state index contributed by atoms with van der Waals surface area (Å²) in [6, 6.07) is 19.8. The van der Waals surface area contributed by atoms with Gasteiger partial charge in [0.25, 0.3) is 0 Å². The highest BCUT2D eigenvalue weighted by atomic mass is 35.5. The number of hydrazone groups is 1. The van der Waals surface area contributed by atoms with E-state index < -0.39 is 0 Å². The van der Waals surface area contributed by atoms with Crippen LogP contribution in [0.15, 0.2) is 65.8 Å². The Kier molecular flexibility index (Phi) is 6.51. The quantitative estimate of drug-likeness (QED) is 0.461. The number of hydrogen-bond acceptors (Lipinski definition) is 6. The van der Waals surface area contributed by atoms with Crippen LogP contribution in [0.5, 0.6) is 5.75 Å². The first kappa shape index (κ1) is 21.3. The fraction of sp³-hybridized carbons (Fsp3) is 0.174. The van der Waals surface area contributed by atoms with E-state index >= 15 is 0 Å². The topological polar surface area (TPSA) is 60.9 Å². The van der Waals surface area contributed by atoms with Crippen LogP contribution in [0, 0.1) is 6.92 Å². The maximum Gasteiger partial charge on any atom is 0.174 e. The van der Waals surface area contributed by atoms with E-state index in [1.54, 1.807) is 6.07 Å². The van der Waals surface area contributed by atoms with Crippen molar-refractivity contribution in [2.24, 2.45) is 5.10 Å². The van der Waals surface area contributed by atoms with Gasteiger partial charge in [-0.05, 0) is 42.8 Å². The minimum absolute atomic E-state index is 0.462. The molecule has 3 N–H and O–H groups in total. The van der Waals surface area contributed by atoms with Crippen molar-refractivity contribution < 1.29 is 4.74 Å². The first-order chi connectivity index (χ1) is 15.0. The number of nitrogens with one attached hydrogen (secondary N) is 3. The van der Waals surface area contributed by atoms with Gasteiger partial charge in [0.2, 0.25) is 0 Å². The Morgan fingerprint density at radius 2 is 1.87 bits per heavy atom. The molecule has 0 aliphatic carbocycles. The van der Waals surface area contributed by atoms with Crippen LogP contribution in [-0.2, 0) is 13.2 Å². The number of hydrogen-bond donors (Lipinski definition) is 3. The van der Waals surface area contributed by atoms with Gasteiger partial charge >= 0.3 is 0 Å². The van der Waals surface area contributed by atoms with Crippen molar-refractivity contribution in [1.29, 1.82) is 0 Å². The highest BCUT2D eigenvalue weighted by Crippen LogP contribution is 2.29. The van der Waals surface area contributed by atoms with Gasteiger partial charge in [-0.25, -0.2) is 5.53 Å². The second-order valence-electron chi connectivity index (χ2n) is 7.19. The number of benzene rings is 3. The van der Waals surface area contributed by atoms with E-state index in [-0.39, 0.29) is 0 Å². The Labute approximate surface area is 191 Å². The summed E-state index contributed by atoms with van der Waals surface area (Å²) in [5.74, 6) is 1.47. The fourth-order valence-corrected chi connectivity index (χ4v) is 3.70. The van der Waals surface area contributed by atoms with Crippen LogP contribution in [0.1, 0.15) is 22.3 Å². The predicted octanol–water partition coefficient (Wildman–Crippen LogP) is 5.11. The molecule has 0 bridgehead atoms. The molecule has 8 heteroatoms. The monoisotopic (exact) mass is 455 g/mol. The largest absolute Gasteiger partial charge is 0.489 e. The summed E-state index contributed by atoms with van der Waals surface area (Å²) >= 11 is 12.6. The van der Waals surface area contributed by atoms with E-state index in [2.05, 4.69) is 46.6 Å². The van der Waals surface area contributed by atoms with E-state index in [0.29, 0.717) is 29.0 Å². The summed E-state index contributed by atoms with van der Waals surface area (Å²) in [7, 11) is 1.90. The normalized spacial score (nSPS) is 13.0. The summed E-state index contributed by atoms with van der Waals surface area (Å²) in [4.78, 5) is 0. The molecule has 0 radical (unpaired) electrons. The van der Waals surface area contributed by atoms with Gasteiger partial charge in [0, 0.05) is 23.9 Å². The molecule has 3 aromatic rings. The lowest BCUT2D eigenvalue weighted by molar-refractivity contribution is 0.270. The Morgan fingerprint density at radius 3 is 2.65 bits per heavy atom. The van der Waals surface area contributed by atoms with Crippen molar-refractivity contribution in [3.63, 3.8) is 0 Å². The van der Waals surface area contributed by atoms with Crippen molar-refractivity contribution in [2.45, 2.75) is 20.1 Å². The summed E-state index contributed by atoms with van der Waals surface area (Å²) in [5.41, 5.74) is 10.9. The second-order valence-corrected chi connectivity index (χ2v) is 7.98. The van der Waals surface area contributed by atoms with E-state index in [1.807, 2.05) is 48.5 Å². The van der Waals surface area contributed by atoms with Crippen LogP contribution in [-0.4, -0.2) is 17.9 Å². The average molecular weight is 456 g/mol. The van der Waals surface area contributed by atoms with Gasteiger partial charge in [-0.3, -0.25) is 5.01 Å². The summed E-state index contributed by atoms with van der Waals surface area (Å²) in [6.07, 6.45) is 0. The van der Waals surface area contributed by atoms with Crippen molar-refractivity contribution in [3.05, 3.63) is 93.0 Å². The van der Waals surface area contributed by atoms with E-state index in [0.717, 1.165) is 33.7 Å². The maximum atomic E-state index is 6.41. The molecule has 0 unspecified atom stereocenters. The molecule has 1 aliphatic heterocycles. The molecule has 1 heterocycles. The molecule has 0 atom stereocenters. The fourth-order valence-electron chi connectivity index (χ4n) is 3.32. The zero-order chi connectivity index (χ0) is 21.8. The van der Waals surface area contributed by atoms with Gasteiger partial charge in [0.15, 0.2) is 5.84 Å². The van der Waals surface area contributed by atoms with Crippen LogP contribution < -0.4 is 21.1 Å². The number of ether oxygens (including phenoxy) is 1. The van der Waals surface area contributed by atoms with Gasteiger partial charge in [-0.1, -0.05) is 59.1 Å². The standard InChI is InChI=1S/C23H23Cl2N5O/c1-15-6-11-21(31-14-16-7-9-18(26-2)10-8-16)17(12-15)13-30-23(27-28-29-30)19-4-3-5-20(24)22(19)25/h3-12,26,28-29H,13-14H2,1-2H3. The van der Waals surface area contributed by atoms with Crippen LogP contribution in [0.25, 0.3) is 0 Å². The van der Waals surface area contributed by atoms with Crippen molar-refractivity contribution >= 4 is 34.7 Å². The first-order valence-electron chi connectivity index (χ1n) is 9.84. The van der Waals surface area contributed by atoms with Crippen molar-refractivity contribution in [3.8, 4) is 5.75 Å². The van der Waals surface area contributed by atoms with Gasteiger partial charge in [-0.15, -0.1) is 10.6 Å². The van der Waals surface area contributed by atoms with Crippen molar-refractivity contribution in [2.75, 3.05) is 12.4 Å². The predicted molar refractivity (Wildman–Crippen MR) is 126 cm³/mol. The van der Waals surface area contributed by atoms with Crippen LogP contribution in [0.4, 0.5) is 5.69 Å². The second kappa shape index (κ2) is 9.47. The zero-order valence-corrected chi connectivity index (χ0v) is 18.8. The molecular formula is C23H23Cl2N5O. The SMILES string of the molecule is CNc1ccc(COc2ccc(C)cc2CN2NNN=C2c2cccc(Cl)c2Cl)cc1. The smallest absolute Gasteiger partial charge is 0.174 e. The molecule has 0 fully saturated rings. The van der Waals surface area contributed by atoms with Crippen molar-refractivity contribution in [1.82, 2.24) is 16.1 Å².